The fourth-order valence-corrected chi connectivity index (χ4v) is 1.40. The maximum atomic E-state index is 8.95. The van der Waals surface area contributed by atoms with Crippen LogP contribution in [0.2, 0.25) is 0 Å². The molecular weight excluding hydrogens is 194 g/mol. The van der Waals surface area contributed by atoms with Crippen molar-refractivity contribution in [3.05, 3.63) is 23.8 Å². The maximum Gasteiger partial charge on any atom is 0.142 e. The van der Waals surface area contributed by atoms with Crippen molar-refractivity contribution in [2.45, 2.75) is 6.42 Å². The Morgan fingerprint density at radius 3 is 2.53 bits per heavy atom. The summed E-state index contributed by atoms with van der Waals surface area (Å²) in [5.41, 5.74) is 7.26. The Kier molecular flexibility index (Phi) is 4.39. The number of rotatable bonds is 5. The summed E-state index contributed by atoms with van der Waals surface area (Å²) in [7, 11) is 1.56. The first-order valence-corrected chi connectivity index (χ1v) is 4.85. The first-order chi connectivity index (χ1) is 7.21. The van der Waals surface area contributed by atoms with Crippen molar-refractivity contribution in [3.8, 4) is 5.75 Å². The summed E-state index contributed by atoms with van der Waals surface area (Å²) in [4.78, 5) is 0. The van der Waals surface area contributed by atoms with E-state index in [1.807, 2.05) is 12.1 Å². The van der Waals surface area contributed by atoms with Gasteiger partial charge in [0, 0.05) is 19.1 Å². The normalized spacial score (nSPS) is 10.7. The molecule has 0 saturated carbocycles. The molecule has 0 atom stereocenters. The van der Waals surface area contributed by atoms with Crippen LogP contribution in [-0.2, 0) is 6.42 Å². The van der Waals surface area contributed by atoms with Gasteiger partial charge in [-0.2, -0.15) is 0 Å². The van der Waals surface area contributed by atoms with Crippen molar-refractivity contribution >= 4 is 5.69 Å². The molecule has 1 aromatic rings. The highest BCUT2D eigenvalue weighted by atomic mass is 16.5. The zero-order chi connectivity index (χ0) is 11.3. The molecule has 0 unspecified atom stereocenters. The standard InChI is InChI=1S/C11H17NO3/c1-15-11-5-8(2-3-10(11)12)4-9(6-13)7-14/h2-3,5,9,13-14H,4,6-7,12H2,1H3. The number of benzene rings is 1. The van der Waals surface area contributed by atoms with Crippen LogP contribution in [0.15, 0.2) is 18.2 Å². The second-order valence-electron chi connectivity index (χ2n) is 3.51. The topological polar surface area (TPSA) is 75.7 Å². The number of aliphatic hydroxyl groups excluding tert-OH is 2. The van der Waals surface area contributed by atoms with Gasteiger partial charge in [-0.15, -0.1) is 0 Å². The van der Waals surface area contributed by atoms with Crippen LogP contribution in [-0.4, -0.2) is 30.5 Å². The first kappa shape index (κ1) is 11.8. The van der Waals surface area contributed by atoms with Gasteiger partial charge in [0.1, 0.15) is 5.75 Å². The number of hydrogen-bond acceptors (Lipinski definition) is 4. The quantitative estimate of drug-likeness (QED) is 0.617. The van der Waals surface area contributed by atoms with E-state index >= 15 is 0 Å². The number of aliphatic hydroxyl groups is 2. The molecule has 4 nitrogen and oxygen atoms in total. The number of nitrogens with two attached hydrogens (primary N) is 1. The van der Waals surface area contributed by atoms with Crippen LogP contribution < -0.4 is 10.5 Å². The lowest BCUT2D eigenvalue weighted by molar-refractivity contribution is 0.150. The predicted octanol–water partition coefficient (Wildman–Crippen LogP) is 0.421. The highest BCUT2D eigenvalue weighted by molar-refractivity contribution is 5.53. The lowest BCUT2D eigenvalue weighted by atomic mass is 10.0. The van der Waals surface area contributed by atoms with Crippen molar-refractivity contribution in [2.24, 2.45) is 5.92 Å². The van der Waals surface area contributed by atoms with E-state index in [0.717, 1.165) is 5.56 Å². The fraction of sp³-hybridized carbons (Fsp3) is 0.455. The first-order valence-electron chi connectivity index (χ1n) is 4.85. The number of methoxy groups -OCH3 is 1. The number of hydrogen-bond donors (Lipinski definition) is 3. The van der Waals surface area contributed by atoms with Gasteiger partial charge in [0.15, 0.2) is 0 Å². The molecule has 0 heterocycles. The molecule has 0 amide bonds. The highest BCUT2D eigenvalue weighted by Gasteiger charge is 2.08. The van der Waals surface area contributed by atoms with Crippen molar-refractivity contribution in [1.82, 2.24) is 0 Å². The van der Waals surface area contributed by atoms with E-state index in [0.29, 0.717) is 17.9 Å². The van der Waals surface area contributed by atoms with Crippen LogP contribution >= 0.6 is 0 Å². The van der Waals surface area contributed by atoms with Crippen LogP contribution in [0.1, 0.15) is 5.56 Å². The van der Waals surface area contributed by atoms with Gasteiger partial charge in [-0.3, -0.25) is 0 Å². The lowest BCUT2D eigenvalue weighted by Gasteiger charge is -2.12. The molecule has 84 valence electrons. The van der Waals surface area contributed by atoms with Crippen LogP contribution in [0, 0.1) is 5.92 Å². The van der Waals surface area contributed by atoms with Gasteiger partial charge in [-0.25, -0.2) is 0 Å². The summed E-state index contributed by atoms with van der Waals surface area (Å²) in [5.74, 6) is 0.500. The molecule has 0 spiro atoms. The molecule has 15 heavy (non-hydrogen) atoms. The molecule has 0 saturated heterocycles. The van der Waals surface area contributed by atoms with Gasteiger partial charge in [0.05, 0.1) is 12.8 Å². The zero-order valence-corrected chi connectivity index (χ0v) is 8.81. The number of ether oxygens (including phenoxy) is 1. The molecule has 1 aromatic carbocycles. The third kappa shape index (κ3) is 3.11. The summed E-state index contributed by atoms with van der Waals surface area (Å²) < 4.78 is 5.08. The molecular formula is C11H17NO3. The van der Waals surface area contributed by atoms with Crippen molar-refractivity contribution in [1.29, 1.82) is 0 Å². The Morgan fingerprint density at radius 1 is 1.33 bits per heavy atom. The van der Waals surface area contributed by atoms with E-state index in [-0.39, 0.29) is 19.1 Å². The minimum atomic E-state index is -0.127. The second kappa shape index (κ2) is 5.58. The molecule has 4 N–H and O–H groups in total. The molecule has 0 aliphatic rings. The Hall–Kier alpha value is -1.26. The average molecular weight is 211 g/mol. The van der Waals surface area contributed by atoms with Gasteiger partial charge in [0.2, 0.25) is 0 Å². The minimum absolute atomic E-state index is 0.0246. The average Bonchev–Trinajstić information content (AvgIpc) is 2.28. The summed E-state index contributed by atoms with van der Waals surface area (Å²) >= 11 is 0. The molecule has 1 rings (SSSR count). The van der Waals surface area contributed by atoms with Gasteiger partial charge in [-0.05, 0) is 24.1 Å². The zero-order valence-electron chi connectivity index (χ0n) is 8.81. The van der Waals surface area contributed by atoms with Crippen molar-refractivity contribution in [3.63, 3.8) is 0 Å². The third-order valence-corrected chi connectivity index (χ3v) is 2.34. The number of nitrogen functional groups attached to an aromatic ring is 1. The lowest BCUT2D eigenvalue weighted by Crippen LogP contribution is -2.14. The molecule has 0 radical (unpaired) electrons. The van der Waals surface area contributed by atoms with Crippen LogP contribution in [0.3, 0.4) is 0 Å². The molecule has 0 aliphatic heterocycles. The maximum absolute atomic E-state index is 8.95. The van der Waals surface area contributed by atoms with E-state index in [2.05, 4.69) is 0 Å². The Morgan fingerprint density at radius 2 is 2.00 bits per heavy atom. The van der Waals surface area contributed by atoms with E-state index < -0.39 is 0 Å². The minimum Gasteiger partial charge on any atom is -0.495 e. The monoisotopic (exact) mass is 211 g/mol. The predicted molar refractivity (Wildman–Crippen MR) is 58.8 cm³/mol. The van der Waals surface area contributed by atoms with E-state index in [1.54, 1.807) is 13.2 Å². The highest BCUT2D eigenvalue weighted by Crippen LogP contribution is 2.23. The van der Waals surface area contributed by atoms with Gasteiger partial charge < -0.3 is 20.7 Å². The van der Waals surface area contributed by atoms with E-state index in [9.17, 15) is 0 Å². The van der Waals surface area contributed by atoms with Crippen LogP contribution in [0.5, 0.6) is 5.75 Å². The van der Waals surface area contributed by atoms with Gasteiger partial charge in [-0.1, -0.05) is 6.07 Å². The summed E-state index contributed by atoms with van der Waals surface area (Å²) in [6.07, 6.45) is 0.615. The van der Waals surface area contributed by atoms with Gasteiger partial charge >= 0.3 is 0 Å². The van der Waals surface area contributed by atoms with Crippen molar-refractivity contribution < 1.29 is 14.9 Å². The summed E-state index contributed by atoms with van der Waals surface area (Å²) in [6, 6.07) is 5.46. The third-order valence-electron chi connectivity index (χ3n) is 2.34. The molecule has 0 bridgehead atoms. The fourth-order valence-electron chi connectivity index (χ4n) is 1.40. The SMILES string of the molecule is COc1cc(CC(CO)CO)ccc1N. The summed E-state index contributed by atoms with van der Waals surface area (Å²) in [6.45, 7) is -0.0492. The Balaban J connectivity index is 2.77. The van der Waals surface area contributed by atoms with Crippen LogP contribution in [0.25, 0.3) is 0 Å². The Bertz CT molecular complexity index is 311. The molecule has 0 aromatic heterocycles. The largest absolute Gasteiger partial charge is 0.495 e. The molecule has 4 heteroatoms. The number of anilines is 1. The Labute approximate surface area is 89.3 Å². The summed E-state index contributed by atoms with van der Waals surface area (Å²) in [5, 5.41) is 17.9. The second-order valence-corrected chi connectivity index (χ2v) is 3.51. The van der Waals surface area contributed by atoms with E-state index in [4.69, 9.17) is 20.7 Å². The van der Waals surface area contributed by atoms with E-state index in [1.165, 1.54) is 0 Å². The smallest absolute Gasteiger partial charge is 0.142 e. The molecule has 0 fully saturated rings. The van der Waals surface area contributed by atoms with Gasteiger partial charge in [0.25, 0.3) is 0 Å². The van der Waals surface area contributed by atoms with Crippen molar-refractivity contribution in [2.75, 3.05) is 26.1 Å². The molecule has 0 aliphatic carbocycles. The van der Waals surface area contributed by atoms with Crippen LogP contribution in [0.4, 0.5) is 5.69 Å².